The summed E-state index contributed by atoms with van der Waals surface area (Å²) in [6.45, 7) is 0. The second-order valence-electron chi connectivity index (χ2n) is 5.26. The first kappa shape index (κ1) is 12.8. The van der Waals surface area contributed by atoms with Crippen LogP contribution in [0.15, 0.2) is 79.0 Å². The SMILES string of the molecule is C1=C(c2ccccc2)C(c2ccccn2)Oc2ccccc21. The van der Waals surface area contributed by atoms with Crippen molar-refractivity contribution in [2.75, 3.05) is 0 Å². The number of aromatic nitrogens is 1. The van der Waals surface area contributed by atoms with E-state index in [0.29, 0.717) is 0 Å². The predicted octanol–water partition coefficient (Wildman–Crippen LogP) is 4.76. The molecule has 0 radical (unpaired) electrons. The van der Waals surface area contributed by atoms with Crippen LogP contribution in [0.4, 0.5) is 0 Å². The Kier molecular flexibility index (Phi) is 3.20. The van der Waals surface area contributed by atoms with E-state index in [1.807, 2.05) is 60.8 Å². The maximum atomic E-state index is 6.25. The summed E-state index contributed by atoms with van der Waals surface area (Å²) in [5.74, 6) is 0.901. The topological polar surface area (TPSA) is 22.1 Å². The first-order valence-electron chi connectivity index (χ1n) is 7.35. The van der Waals surface area contributed by atoms with Gasteiger partial charge in [-0.3, -0.25) is 4.98 Å². The molecule has 3 aromatic rings. The van der Waals surface area contributed by atoms with Crippen LogP contribution in [0.25, 0.3) is 11.6 Å². The van der Waals surface area contributed by atoms with E-state index in [1.54, 1.807) is 0 Å². The Morgan fingerprint density at radius 3 is 2.36 bits per heavy atom. The van der Waals surface area contributed by atoms with Crippen molar-refractivity contribution in [1.82, 2.24) is 4.98 Å². The highest BCUT2D eigenvalue weighted by Crippen LogP contribution is 2.41. The molecule has 1 unspecified atom stereocenters. The fraction of sp³-hybridized carbons (Fsp3) is 0.0500. The molecule has 22 heavy (non-hydrogen) atoms. The number of rotatable bonds is 2. The minimum absolute atomic E-state index is 0.182. The molecule has 0 N–H and O–H groups in total. The van der Waals surface area contributed by atoms with Crippen molar-refractivity contribution in [3.63, 3.8) is 0 Å². The van der Waals surface area contributed by atoms with Crippen LogP contribution in [0.2, 0.25) is 0 Å². The zero-order valence-electron chi connectivity index (χ0n) is 12.0. The Hall–Kier alpha value is -2.87. The summed E-state index contributed by atoms with van der Waals surface area (Å²) in [5, 5.41) is 0. The van der Waals surface area contributed by atoms with Crippen molar-refractivity contribution < 1.29 is 4.74 Å². The number of fused-ring (bicyclic) bond motifs is 1. The third-order valence-electron chi connectivity index (χ3n) is 3.82. The minimum atomic E-state index is -0.182. The van der Waals surface area contributed by atoms with Crippen LogP contribution >= 0.6 is 0 Å². The molecule has 0 saturated heterocycles. The number of ether oxygens (including phenoxy) is 1. The van der Waals surface area contributed by atoms with Crippen LogP contribution in [0.3, 0.4) is 0 Å². The van der Waals surface area contributed by atoms with Gasteiger partial charge in [-0.05, 0) is 29.8 Å². The van der Waals surface area contributed by atoms with Crippen LogP contribution in [0.1, 0.15) is 22.9 Å². The largest absolute Gasteiger partial charge is 0.479 e. The Balaban J connectivity index is 1.87. The number of para-hydroxylation sites is 1. The highest BCUT2D eigenvalue weighted by Gasteiger charge is 2.26. The Labute approximate surface area is 129 Å². The lowest BCUT2D eigenvalue weighted by molar-refractivity contribution is 0.256. The Morgan fingerprint density at radius 2 is 1.55 bits per heavy atom. The molecule has 0 bridgehead atoms. The summed E-state index contributed by atoms with van der Waals surface area (Å²) in [6, 6.07) is 24.4. The monoisotopic (exact) mass is 285 g/mol. The Bertz CT molecular complexity index is 809. The summed E-state index contributed by atoms with van der Waals surface area (Å²) >= 11 is 0. The summed E-state index contributed by atoms with van der Waals surface area (Å²) in [6.07, 6.45) is 3.83. The van der Waals surface area contributed by atoms with Gasteiger partial charge >= 0.3 is 0 Å². The molecular weight excluding hydrogens is 270 g/mol. The maximum Gasteiger partial charge on any atom is 0.166 e. The van der Waals surface area contributed by atoms with E-state index in [0.717, 1.165) is 28.1 Å². The summed E-state index contributed by atoms with van der Waals surface area (Å²) in [4.78, 5) is 4.49. The van der Waals surface area contributed by atoms with Crippen LogP contribution < -0.4 is 4.74 Å². The fourth-order valence-electron chi connectivity index (χ4n) is 2.76. The maximum absolute atomic E-state index is 6.25. The molecule has 106 valence electrons. The van der Waals surface area contributed by atoms with Crippen LogP contribution in [-0.4, -0.2) is 4.98 Å². The van der Waals surface area contributed by atoms with Crippen molar-refractivity contribution in [3.05, 3.63) is 95.8 Å². The molecule has 0 amide bonds. The highest BCUT2D eigenvalue weighted by atomic mass is 16.5. The molecule has 1 aliphatic rings. The molecule has 1 aromatic heterocycles. The smallest absolute Gasteiger partial charge is 0.166 e. The molecule has 2 heterocycles. The van der Waals surface area contributed by atoms with E-state index in [4.69, 9.17) is 4.74 Å². The second kappa shape index (κ2) is 5.49. The van der Waals surface area contributed by atoms with E-state index in [9.17, 15) is 0 Å². The van der Waals surface area contributed by atoms with E-state index >= 15 is 0 Å². The lowest BCUT2D eigenvalue weighted by Gasteiger charge is -2.27. The van der Waals surface area contributed by atoms with Gasteiger partial charge in [0.25, 0.3) is 0 Å². The van der Waals surface area contributed by atoms with Crippen LogP contribution in [0.5, 0.6) is 5.75 Å². The van der Waals surface area contributed by atoms with Crippen molar-refractivity contribution in [2.45, 2.75) is 6.10 Å². The van der Waals surface area contributed by atoms with Gasteiger partial charge in [0.2, 0.25) is 0 Å². The molecule has 0 spiro atoms. The van der Waals surface area contributed by atoms with Crippen molar-refractivity contribution in [3.8, 4) is 5.75 Å². The first-order chi connectivity index (χ1) is 10.9. The molecule has 2 nitrogen and oxygen atoms in total. The van der Waals surface area contributed by atoms with E-state index < -0.39 is 0 Å². The Morgan fingerprint density at radius 1 is 0.773 bits per heavy atom. The lowest BCUT2D eigenvalue weighted by Crippen LogP contribution is -2.15. The van der Waals surface area contributed by atoms with Gasteiger partial charge in [-0.25, -0.2) is 0 Å². The number of pyridine rings is 1. The molecular formula is C20H15NO. The molecule has 0 aliphatic carbocycles. The van der Waals surface area contributed by atoms with Crippen LogP contribution in [-0.2, 0) is 0 Å². The zero-order valence-corrected chi connectivity index (χ0v) is 12.0. The molecule has 2 aromatic carbocycles. The standard InChI is InChI=1S/C20H15NO/c1-2-8-15(9-3-1)17-14-16-10-4-5-12-19(16)22-20(17)18-11-6-7-13-21-18/h1-14,20H. The van der Waals surface area contributed by atoms with Gasteiger partial charge in [0.1, 0.15) is 5.75 Å². The van der Waals surface area contributed by atoms with Crippen molar-refractivity contribution in [1.29, 1.82) is 0 Å². The minimum Gasteiger partial charge on any atom is -0.479 e. The van der Waals surface area contributed by atoms with Gasteiger partial charge in [-0.1, -0.05) is 54.6 Å². The average molecular weight is 285 g/mol. The molecule has 1 atom stereocenters. The van der Waals surface area contributed by atoms with E-state index in [2.05, 4.69) is 29.3 Å². The summed E-state index contributed by atoms with van der Waals surface area (Å²) < 4.78 is 6.25. The third kappa shape index (κ3) is 2.29. The van der Waals surface area contributed by atoms with Gasteiger partial charge in [-0.15, -0.1) is 0 Å². The number of hydrogen-bond acceptors (Lipinski definition) is 2. The molecule has 1 aliphatic heterocycles. The van der Waals surface area contributed by atoms with Crippen LogP contribution in [0, 0.1) is 0 Å². The quantitative estimate of drug-likeness (QED) is 0.677. The normalized spacial score (nSPS) is 16.4. The van der Waals surface area contributed by atoms with E-state index in [-0.39, 0.29) is 6.10 Å². The molecule has 4 rings (SSSR count). The predicted molar refractivity (Wildman–Crippen MR) is 88.4 cm³/mol. The lowest BCUT2D eigenvalue weighted by atomic mass is 9.93. The average Bonchev–Trinajstić information content (AvgIpc) is 2.62. The number of hydrogen-bond donors (Lipinski definition) is 0. The second-order valence-corrected chi connectivity index (χ2v) is 5.26. The zero-order chi connectivity index (χ0) is 14.8. The highest BCUT2D eigenvalue weighted by molar-refractivity contribution is 5.87. The van der Waals surface area contributed by atoms with E-state index in [1.165, 1.54) is 0 Å². The van der Waals surface area contributed by atoms with Gasteiger partial charge in [-0.2, -0.15) is 0 Å². The fourth-order valence-corrected chi connectivity index (χ4v) is 2.76. The number of nitrogens with zero attached hydrogens (tertiary/aromatic N) is 1. The first-order valence-corrected chi connectivity index (χ1v) is 7.35. The van der Waals surface area contributed by atoms with Gasteiger partial charge < -0.3 is 4.74 Å². The third-order valence-corrected chi connectivity index (χ3v) is 3.82. The number of benzene rings is 2. The van der Waals surface area contributed by atoms with Gasteiger partial charge in [0, 0.05) is 17.3 Å². The summed E-state index contributed by atoms with van der Waals surface area (Å²) in [7, 11) is 0. The van der Waals surface area contributed by atoms with Crippen molar-refractivity contribution in [2.24, 2.45) is 0 Å². The molecule has 0 saturated carbocycles. The van der Waals surface area contributed by atoms with Gasteiger partial charge in [0.05, 0.1) is 5.69 Å². The molecule has 2 heteroatoms. The van der Waals surface area contributed by atoms with Gasteiger partial charge in [0.15, 0.2) is 6.10 Å². The van der Waals surface area contributed by atoms with Crippen molar-refractivity contribution >= 4 is 11.6 Å². The molecule has 0 fully saturated rings. The summed E-state index contributed by atoms with van der Waals surface area (Å²) in [5.41, 5.74) is 4.33.